The molecule has 15 heavy (non-hydrogen) atoms. The molecule has 0 spiro atoms. The van der Waals surface area contributed by atoms with Crippen LogP contribution in [0.2, 0.25) is 0 Å². The molecule has 0 heterocycles. The second kappa shape index (κ2) is 4.79. The fourth-order valence-corrected chi connectivity index (χ4v) is 1.19. The zero-order chi connectivity index (χ0) is 11.4. The van der Waals surface area contributed by atoms with Crippen molar-refractivity contribution in [1.82, 2.24) is 0 Å². The van der Waals surface area contributed by atoms with Crippen molar-refractivity contribution in [2.45, 2.75) is 32.8 Å². The van der Waals surface area contributed by atoms with Crippen molar-refractivity contribution in [3.8, 4) is 11.8 Å². The molecular weight excluding hydrogens is 193 g/mol. The zero-order valence-electron chi connectivity index (χ0n) is 9.12. The van der Waals surface area contributed by atoms with Crippen LogP contribution < -0.4 is 4.74 Å². The van der Waals surface area contributed by atoms with Crippen LogP contribution in [-0.2, 0) is 0 Å². The van der Waals surface area contributed by atoms with Gasteiger partial charge in [-0.1, -0.05) is 19.9 Å². The van der Waals surface area contributed by atoms with Gasteiger partial charge in [0, 0.05) is 0 Å². The van der Waals surface area contributed by atoms with Gasteiger partial charge in [-0.15, -0.1) is 0 Å². The standard InChI is InChI=1S/C12H14FNO/c1-8(2)10-4-5-11(13)12(6-10)15-9(3)7-14/h4-6,8-9H,1-3H3. The maximum absolute atomic E-state index is 13.3. The van der Waals surface area contributed by atoms with Crippen LogP contribution in [0.1, 0.15) is 32.3 Å². The highest BCUT2D eigenvalue weighted by atomic mass is 19.1. The molecule has 1 rings (SSSR count). The van der Waals surface area contributed by atoms with Crippen LogP contribution in [0.3, 0.4) is 0 Å². The molecule has 2 nitrogen and oxygen atoms in total. The van der Waals surface area contributed by atoms with Crippen LogP contribution in [0.5, 0.6) is 5.75 Å². The van der Waals surface area contributed by atoms with E-state index in [2.05, 4.69) is 0 Å². The summed E-state index contributed by atoms with van der Waals surface area (Å²) >= 11 is 0. The second-order valence-corrected chi connectivity index (χ2v) is 3.73. The van der Waals surface area contributed by atoms with E-state index in [9.17, 15) is 4.39 Å². The van der Waals surface area contributed by atoms with E-state index >= 15 is 0 Å². The molecule has 0 aromatic heterocycles. The van der Waals surface area contributed by atoms with Crippen LogP contribution in [0.15, 0.2) is 18.2 Å². The SMILES string of the molecule is CC(C#N)Oc1cc(C(C)C)ccc1F. The minimum Gasteiger partial charge on any atom is -0.473 e. The molecule has 0 fully saturated rings. The molecule has 0 aliphatic heterocycles. The third-order valence-corrected chi connectivity index (χ3v) is 2.11. The number of benzene rings is 1. The molecule has 80 valence electrons. The molecule has 1 unspecified atom stereocenters. The molecule has 1 aromatic rings. The summed E-state index contributed by atoms with van der Waals surface area (Å²) in [6, 6.07) is 6.64. The van der Waals surface area contributed by atoms with Crippen LogP contribution in [0.4, 0.5) is 4.39 Å². The highest BCUT2D eigenvalue weighted by Crippen LogP contribution is 2.24. The Hall–Kier alpha value is -1.56. The van der Waals surface area contributed by atoms with Crippen molar-refractivity contribution in [3.63, 3.8) is 0 Å². The van der Waals surface area contributed by atoms with Gasteiger partial charge in [0.05, 0.1) is 0 Å². The number of ether oxygens (including phenoxy) is 1. The third kappa shape index (κ3) is 2.95. The van der Waals surface area contributed by atoms with E-state index in [1.54, 1.807) is 19.1 Å². The first-order valence-corrected chi connectivity index (χ1v) is 4.90. The van der Waals surface area contributed by atoms with Crippen molar-refractivity contribution >= 4 is 0 Å². The summed E-state index contributed by atoms with van der Waals surface area (Å²) in [6.45, 7) is 5.62. The minimum atomic E-state index is -0.637. The Labute approximate surface area is 89.3 Å². The van der Waals surface area contributed by atoms with Gasteiger partial charge in [-0.25, -0.2) is 4.39 Å². The highest BCUT2D eigenvalue weighted by molar-refractivity contribution is 5.32. The Morgan fingerprint density at radius 3 is 2.53 bits per heavy atom. The summed E-state index contributed by atoms with van der Waals surface area (Å²) < 4.78 is 18.4. The second-order valence-electron chi connectivity index (χ2n) is 3.73. The summed E-state index contributed by atoms with van der Waals surface area (Å²) in [6.07, 6.45) is -0.637. The third-order valence-electron chi connectivity index (χ3n) is 2.11. The molecule has 1 aromatic carbocycles. The fraction of sp³-hybridized carbons (Fsp3) is 0.417. The van der Waals surface area contributed by atoms with Crippen LogP contribution in [0, 0.1) is 17.1 Å². The van der Waals surface area contributed by atoms with Gasteiger partial charge in [-0.3, -0.25) is 0 Å². The number of rotatable bonds is 3. The summed E-state index contributed by atoms with van der Waals surface area (Å²) in [7, 11) is 0. The van der Waals surface area contributed by atoms with Gasteiger partial charge < -0.3 is 4.74 Å². The van der Waals surface area contributed by atoms with E-state index in [0.717, 1.165) is 5.56 Å². The van der Waals surface area contributed by atoms with Crippen molar-refractivity contribution in [1.29, 1.82) is 5.26 Å². The van der Waals surface area contributed by atoms with Crippen molar-refractivity contribution in [2.24, 2.45) is 0 Å². The van der Waals surface area contributed by atoms with E-state index in [4.69, 9.17) is 10.00 Å². The molecule has 0 N–H and O–H groups in total. The van der Waals surface area contributed by atoms with Gasteiger partial charge in [-0.05, 0) is 30.5 Å². The Bertz CT molecular complexity index is 382. The molecule has 1 atom stereocenters. The van der Waals surface area contributed by atoms with Crippen LogP contribution in [-0.4, -0.2) is 6.10 Å². The zero-order valence-corrected chi connectivity index (χ0v) is 9.12. The van der Waals surface area contributed by atoms with E-state index in [1.165, 1.54) is 6.07 Å². The van der Waals surface area contributed by atoms with Crippen LogP contribution in [0.25, 0.3) is 0 Å². The lowest BCUT2D eigenvalue weighted by atomic mass is 10.0. The molecule has 0 amide bonds. The van der Waals surface area contributed by atoms with E-state index in [1.807, 2.05) is 19.9 Å². The Balaban J connectivity index is 2.96. The average Bonchev–Trinajstić information content (AvgIpc) is 2.20. The van der Waals surface area contributed by atoms with Crippen molar-refractivity contribution in [3.05, 3.63) is 29.6 Å². The minimum absolute atomic E-state index is 0.148. The van der Waals surface area contributed by atoms with Crippen molar-refractivity contribution in [2.75, 3.05) is 0 Å². The lowest BCUT2D eigenvalue weighted by molar-refractivity contribution is 0.262. The Kier molecular flexibility index (Phi) is 3.68. The molecule has 0 bridgehead atoms. The first-order valence-electron chi connectivity index (χ1n) is 4.90. The lowest BCUT2D eigenvalue weighted by Gasteiger charge is -2.11. The van der Waals surface area contributed by atoms with E-state index in [0.29, 0.717) is 5.92 Å². The number of halogens is 1. The molecular formula is C12H14FNO. The topological polar surface area (TPSA) is 33.0 Å². The summed E-state index contributed by atoms with van der Waals surface area (Å²) in [5, 5.41) is 8.57. The number of hydrogen-bond donors (Lipinski definition) is 0. The molecule has 0 saturated carbocycles. The fourth-order valence-electron chi connectivity index (χ4n) is 1.19. The predicted octanol–water partition coefficient (Wildman–Crippen LogP) is 3.24. The predicted molar refractivity (Wildman–Crippen MR) is 56.2 cm³/mol. The van der Waals surface area contributed by atoms with Gasteiger partial charge in [0.25, 0.3) is 0 Å². The van der Waals surface area contributed by atoms with Crippen LogP contribution >= 0.6 is 0 Å². The number of nitriles is 1. The molecule has 0 saturated heterocycles. The smallest absolute Gasteiger partial charge is 0.181 e. The normalized spacial score (nSPS) is 12.3. The van der Waals surface area contributed by atoms with E-state index < -0.39 is 11.9 Å². The van der Waals surface area contributed by atoms with Gasteiger partial charge >= 0.3 is 0 Å². The average molecular weight is 207 g/mol. The Morgan fingerprint density at radius 1 is 1.33 bits per heavy atom. The maximum atomic E-state index is 13.3. The Morgan fingerprint density at radius 2 is 2.00 bits per heavy atom. The van der Waals surface area contributed by atoms with Crippen molar-refractivity contribution < 1.29 is 9.13 Å². The maximum Gasteiger partial charge on any atom is 0.181 e. The van der Waals surface area contributed by atoms with E-state index in [-0.39, 0.29) is 5.75 Å². The molecule has 0 aliphatic rings. The monoisotopic (exact) mass is 207 g/mol. The number of hydrogen-bond acceptors (Lipinski definition) is 2. The van der Waals surface area contributed by atoms with Gasteiger partial charge in [0.1, 0.15) is 6.07 Å². The largest absolute Gasteiger partial charge is 0.473 e. The summed E-state index contributed by atoms with van der Waals surface area (Å²) in [5.41, 5.74) is 0.997. The van der Waals surface area contributed by atoms with Gasteiger partial charge in [-0.2, -0.15) is 5.26 Å². The highest BCUT2D eigenvalue weighted by Gasteiger charge is 2.09. The molecule has 3 heteroatoms. The van der Waals surface area contributed by atoms with Gasteiger partial charge in [0.2, 0.25) is 0 Å². The summed E-state index contributed by atoms with van der Waals surface area (Å²) in [5.74, 6) is 0.0297. The van der Waals surface area contributed by atoms with Gasteiger partial charge in [0.15, 0.2) is 17.7 Å². The molecule has 0 radical (unpaired) electrons. The first kappa shape index (κ1) is 11.5. The lowest BCUT2D eigenvalue weighted by Crippen LogP contribution is -2.09. The molecule has 0 aliphatic carbocycles. The number of nitrogens with zero attached hydrogens (tertiary/aromatic N) is 1. The quantitative estimate of drug-likeness (QED) is 0.762. The summed E-state index contributed by atoms with van der Waals surface area (Å²) in [4.78, 5) is 0. The first-order chi connectivity index (χ1) is 7.04.